The lowest BCUT2D eigenvalue weighted by Crippen LogP contribution is -2.26. The second-order valence-corrected chi connectivity index (χ2v) is 7.48. The average molecular weight is 438 g/mol. The fourth-order valence-corrected chi connectivity index (χ4v) is 3.79. The number of nitrogens with zero attached hydrogens (tertiary/aromatic N) is 3. The minimum Gasteiger partial charge on any atom is -0.350 e. The quantitative estimate of drug-likeness (QED) is 0.369. The van der Waals surface area contributed by atoms with Crippen molar-refractivity contribution in [2.45, 2.75) is 11.7 Å². The van der Waals surface area contributed by atoms with E-state index in [0.29, 0.717) is 17.3 Å². The Morgan fingerprint density at radius 3 is 2.65 bits per heavy atom. The fourth-order valence-electron chi connectivity index (χ4n) is 2.96. The summed E-state index contributed by atoms with van der Waals surface area (Å²) in [6.45, 7) is 0.255. The van der Waals surface area contributed by atoms with Crippen LogP contribution in [0.25, 0.3) is 16.6 Å². The van der Waals surface area contributed by atoms with Crippen molar-refractivity contribution < 1.29 is 13.6 Å². The number of para-hydroxylation sites is 1. The summed E-state index contributed by atoms with van der Waals surface area (Å²) < 4.78 is 28.9. The lowest BCUT2D eigenvalue weighted by Gasteiger charge is -2.14. The van der Waals surface area contributed by atoms with E-state index in [4.69, 9.17) is 0 Å². The molecule has 0 radical (unpaired) electrons. The zero-order valence-electron chi connectivity index (χ0n) is 16.1. The number of rotatable bonds is 6. The van der Waals surface area contributed by atoms with E-state index in [0.717, 1.165) is 22.4 Å². The molecule has 156 valence electrons. The molecule has 0 aliphatic rings. The second kappa shape index (κ2) is 9.05. The Bertz CT molecular complexity index is 1310. The number of hydrogen-bond donors (Lipinski definition) is 1. The summed E-state index contributed by atoms with van der Waals surface area (Å²) in [5, 5.41) is 3.15. The van der Waals surface area contributed by atoms with Crippen molar-refractivity contribution in [3.63, 3.8) is 0 Å². The Morgan fingerprint density at radius 1 is 1.06 bits per heavy atom. The number of aromatic nitrogens is 3. The molecule has 1 amide bonds. The maximum absolute atomic E-state index is 14.5. The van der Waals surface area contributed by atoms with Gasteiger partial charge in [0.1, 0.15) is 11.6 Å². The van der Waals surface area contributed by atoms with Gasteiger partial charge >= 0.3 is 0 Å². The Labute approximate surface area is 180 Å². The third-order valence-corrected chi connectivity index (χ3v) is 5.36. The molecule has 0 atom stereocenters. The summed E-state index contributed by atoms with van der Waals surface area (Å²) in [4.78, 5) is 34.0. The van der Waals surface area contributed by atoms with Gasteiger partial charge in [-0.15, -0.1) is 0 Å². The molecule has 0 saturated carbocycles. The highest BCUT2D eigenvalue weighted by Crippen LogP contribution is 2.23. The summed E-state index contributed by atoms with van der Waals surface area (Å²) in [5.74, 6) is -2.02. The van der Waals surface area contributed by atoms with Crippen LogP contribution >= 0.6 is 11.8 Å². The van der Waals surface area contributed by atoms with Crippen molar-refractivity contribution in [2.75, 3.05) is 5.75 Å². The highest BCUT2D eigenvalue weighted by Gasteiger charge is 2.17. The van der Waals surface area contributed by atoms with Crippen molar-refractivity contribution in [1.29, 1.82) is 0 Å². The molecule has 0 fully saturated rings. The van der Waals surface area contributed by atoms with Crippen LogP contribution in [0, 0.1) is 11.6 Å². The van der Waals surface area contributed by atoms with Gasteiger partial charge in [-0.1, -0.05) is 30.0 Å². The number of halogens is 2. The normalized spacial score (nSPS) is 10.9. The SMILES string of the molecule is O=C(CSc1nc2ccccc2c(=O)n1-c1ccc(F)cc1F)NCc1ccccn1. The Kier molecular flexibility index (Phi) is 6.03. The van der Waals surface area contributed by atoms with Gasteiger partial charge in [-0.05, 0) is 36.4 Å². The number of thioether (sulfide) groups is 1. The van der Waals surface area contributed by atoms with Gasteiger partial charge in [0.2, 0.25) is 5.91 Å². The Hall–Kier alpha value is -3.59. The van der Waals surface area contributed by atoms with E-state index < -0.39 is 17.2 Å². The largest absolute Gasteiger partial charge is 0.350 e. The third-order valence-electron chi connectivity index (χ3n) is 4.42. The predicted molar refractivity (Wildman–Crippen MR) is 114 cm³/mol. The maximum atomic E-state index is 14.5. The van der Waals surface area contributed by atoms with E-state index in [-0.39, 0.29) is 34.4 Å². The molecule has 2 aromatic heterocycles. The second-order valence-electron chi connectivity index (χ2n) is 6.53. The van der Waals surface area contributed by atoms with Crippen molar-refractivity contribution in [1.82, 2.24) is 19.9 Å². The van der Waals surface area contributed by atoms with Crippen LogP contribution < -0.4 is 10.9 Å². The van der Waals surface area contributed by atoms with Gasteiger partial charge in [-0.2, -0.15) is 0 Å². The molecular formula is C22H16F2N4O2S. The maximum Gasteiger partial charge on any atom is 0.266 e. The zero-order valence-corrected chi connectivity index (χ0v) is 16.9. The molecule has 31 heavy (non-hydrogen) atoms. The van der Waals surface area contributed by atoms with Gasteiger partial charge in [0.05, 0.1) is 34.6 Å². The fraction of sp³-hybridized carbons (Fsp3) is 0.0909. The van der Waals surface area contributed by atoms with Crippen molar-refractivity contribution >= 4 is 28.6 Å². The van der Waals surface area contributed by atoms with Crippen LogP contribution in [0.3, 0.4) is 0 Å². The number of nitrogens with one attached hydrogen (secondary N) is 1. The number of pyridine rings is 1. The van der Waals surface area contributed by atoms with E-state index in [1.807, 2.05) is 6.07 Å². The topological polar surface area (TPSA) is 76.9 Å². The number of amides is 1. The van der Waals surface area contributed by atoms with Crippen LogP contribution in [0.1, 0.15) is 5.69 Å². The lowest BCUT2D eigenvalue weighted by molar-refractivity contribution is -0.118. The van der Waals surface area contributed by atoms with Crippen LogP contribution in [0.15, 0.2) is 76.8 Å². The number of hydrogen-bond acceptors (Lipinski definition) is 5. The molecule has 2 aromatic carbocycles. The molecule has 4 rings (SSSR count). The summed E-state index contributed by atoms with van der Waals surface area (Å²) in [5.41, 5.74) is 0.478. The Morgan fingerprint density at radius 2 is 1.87 bits per heavy atom. The van der Waals surface area contributed by atoms with Crippen molar-refractivity contribution in [3.05, 3.63) is 94.5 Å². The zero-order chi connectivity index (χ0) is 21.8. The van der Waals surface area contributed by atoms with Crippen molar-refractivity contribution in [2.24, 2.45) is 0 Å². The molecule has 0 bridgehead atoms. The van der Waals surface area contributed by atoms with E-state index >= 15 is 0 Å². The molecule has 0 aliphatic carbocycles. The molecular weight excluding hydrogens is 422 g/mol. The number of carbonyl (C=O) groups excluding carboxylic acids is 1. The number of benzene rings is 2. The number of fused-ring (bicyclic) bond motifs is 1. The van der Waals surface area contributed by atoms with Gasteiger partial charge in [0.25, 0.3) is 5.56 Å². The first kappa shape index (κ1) is 20.7. The standard InChI is InChI=1S/C22H16F2N4O2S/c23-14-8-9-19(17(24)11-14)28-21(30)16-6-1-2-7-18(16)27-22(28)31-13-20(29)26-12-15-5-3-4-10-25-15/h1-11H,12-13H2,(H,26,29). The molecule has 1 N–H and O–H groups in total. The van der Waals surface area contributed by atoms with E-state index in [9.17, 15) is 18.4 Å². The monoisotopic (exact) mass is 438 g/mol. The Balaban J connectivity index is 1.64. The first-order chi connectivity index (χ1) is 15.0. The van der Waals surface area contributed by atoms with Crippen LogP contribution in [-0.4, -0.2) is 26.2 Å². The molecule has 0 spiro atoms. The molecule has 2 heterocycles. The van der Waals surface area contributed by atoms with Gasteiger partial charge in [0.15, 0.2) is 5.16 Å². The minimum atomic E-state index is -0.902. The lowest BCUT2D eigenvalue weighted by atomic mass is 10.2. The first-order valence-corrected chi connectivity index (χ1v) is 10.3. The van der Waals surface area contributed by atoms with Crippen LogP contribution in [0.4, 0.5) is 8.78 Å². The summed E-state index contributed by atoms with van der Waals surface area (Å²) >= 11 is 0.986. The smallest absolute Gasteiger partial charge is 0.266 e. The molecule has 6 nitrogen and oxygen atoms in total. The molecule has 0 saturated heterocycles. The van der Waals surface area contributed by atoms with Gasteiger partial charge in [-0.3, -0.25) is 19.1 Å². The average Bonchev–Trinajstić information content (AvgIpc) is 2.78. The molecule has 9 heteroatoms. The predicted octanol–water partition coefficient (Wildman–Crippen LogP) is 3.47. The molecule has 0 aliphatic heterocycles. The van der Waals surface area contributed by atoms with E-state index in [1.165, 1.54) is 6.07 Å². The first-order valence-electron chi connectivity index (χ1n) is 9.29. The van der Waals surface area contributed by atoms with Gasteiger partial charge < -0.3 is 5.32 Å². The summed E-state index contributed by atoms with van der Waals surface area (Å²) in [6, 6.07) is 15.0. The minimum absolute atomic E-state index is 0.0551. The van der Waals surface area contributed by atoms with Gasteiger partial charge in [-0.25, -0.2) is 13.8 Å². The van der Waals surface area contributed by atoms with Crippen LogP contribution in [0.5, 0.6) is 0 Å². The third kappa shape index (κ3) is 4.61. The molecule has 4 aromatic rings. The van der Waals surface area contributed by atoms with Gasteiger partial charge in [0, 0.05) is 12.3 Å². The van der Waals surface area contributed by atoms with E-state index in [2.05, 4.69) is 15.3 Å². The van der Waals surface area contributed by atoms with Crippen LogP contribution in [0.2, 0.25) is 0 Å². The summed E-state index contributed by atoms with van der Waals surface area (Å²) in [7, 11) is 0. The summed E-state index contributed by atoms with van der Waals surface area (Å²) in [6.07, 6.45) is 1.63. The van der Waals surface area contributed by atoms with Crippen molar-refractivity contribution in [3.8, 4) is 5.69 Å². The molecule has 0 unspecified atom stereocenters. The van der Waals surface area contributed by atoms with E-state index in [1.54, 1.807) is 42.6 Å². The highest BCUT2D eigenvalue weighted by atomic mass is 32.2. The highest BCUT2D eigenvalue weighted by molar-refractivity contribution is 7.99. The van der Waals surface area contributed by atoms with Crippen LogP contribution in [-0.2, 0) is 11.3 Å². The number of carbonyl (C=O) groups is 1.